The van der Waals surface area contributed by atoms with Crippen molar-refractivity contribution < 1.29 is 9.47 Å². The third-order valence-corrected chi connectivity index (χ3v) is 3.61. The molecule has 0 bridgehead atoms. The number of methoxy groups -OCH3 is 1. The van der Waals surface area contributed by atoms with Gasteiger partial charge in [0.1, 0.15) is 0 Å². The van der Waals surface area contributed by atoms with E-state index in [9.17, 15) is 0 Å². The lowest BCUT2D eigenvalue weighted by molar-refractivity contribution is 0.114. The molecule has 1 atom stereocenters. The first-order valence-corrected chi connectivity index (χ1v) is 7.45. The van der Waals surface area contributed by atoms with Crippen LogP contribution < -0.4 is 10.6 Å². The highest BCUT2D eigenvalue weighted by Gasteiger charge is 2.15. The molecule has 1 aromatic rings. The van der Waals surface area contributed by atoms with Crippen LogP contribution in [0.2, 0.25) is 0 Å². The van der Waals surface area contributed by atoms with Crippen LogP contribution >= 0.6 is 24.0 Å². The van der Waals surface area contributed by atoms with Crippen molar-refractivity contribution in [2.45, 2.75) is 32.1 Å². The third kappa shape index (κ3) is 6.10. The van der Waals surface area contributed by atoms with Crippen molar-refractivity contribution >= 4 is 29.9 Å². The van der Waals surface area contributed by atoms with E-state index < -0.39 is 0 Å². The molecule has 0 spiro atoms. The largest absolute Gasteiger partial charge is 0.380 e. The molecule has 1 heterocycles. The predicted molar refractivity (Wildman–Crippen MR) is 99.7 cm³/mol. The molecular formula is C16H26IN3O2. The number of aliphatic imine (C=N–C) groups is 1. The molecule has 0 aromatic heterocycles. The van der Waals surface area contributed by atoms with E-state index in [2.05, 4.69) is 27.8 Å². The van der Waals surface area contributed by atoms with Gasteiger partial charge >= 0.3 is 0 Å². The Morgan fingerprint density at radius 1 is 1.32 bits per heavy atom. The van der Waals surface area contributed by atoms with Crippen molar-refractivity contribution in [2.75, 3.05) is 27.3 Å². The smallest absolute Gasteiger partial charge is 0.191 e. The lowest BCUT2D eigenvalue weighted by Crippen LogP contribution is -2.40. The van der Waals surface area contributed by atoms with Crippen LogP contribution in [-0.4, -0.2) is 39.4 Å². The Morgan fingerprint density at radius 3 is 2.73 bits per heavy atom. The SMILES string of the molecule is CN=C(NCc1ccccc1COC)NCC1CCCO1.I. The quantitative estimate of drug-likeness (QED) is 0.422. The molecule has 1 unspecified atom stereocenters. The molecule has 1 saturated heterocycles. The highest BCUT2D eigenvalue weighted by atomic mass is 127. The first-order chi connectivity index (χ1) is 10.3. The van der Waals surface area contributed by atoms with Crippen LogP contribution in [0, 0.1) is 0 Å². The maximum absolute atomic E-state index is 5.60. The summed E-state index contributed by atoms with van der Waals surface area (Å²) in [7, 11) is 3.50. The lowest BCUT2D eigenvalue weighted by atomic mass is 10.1. The average Bonchev–Trinajstić information content (AvgIpc) is 3.02. The van der Waals surface area contributed by atoms with E-state index in [0.717, 1.165) is 38.5 Å². The number of guanidine groups is 1. The van der Waals surface area contributed by atoms with Gasteiger partial charge in [-0.05, 0) is 24.0 Å². The van der Waals surface area contributed by atoms with Crippen LogP contribution in [0.4, 0.5) is 0 Å². The van der Waals surface area contributed by atoms with Crippen molar-refractivity contribution in [2.24, 2.45) is 4.99 Å². The normalized spacial score (nSPS) is 17.9. The summed E-state index contributed by atoms with van der Waals surface area (Å²) in [6, 6.07) is 8.26. The summed E-state index contributed by atoms with van der Waals surface area (Å²) in [5.41, 5.74) is 2.42. The van der Waals surface area contributed by atoms with Crippen molar-refractivity contribution in [3.05, 3.63) is 35.4 Å². The van der Waals surface area contributed by atoms with Gasteiger partial charge < -0.3 is 20.1 Å². The van der Waals surface area contributed by atoms with E-state index in [1.807, 2.05) is 12.1 Å². The minimum Gasteiger partial charge on any atom is -0.380 e. The number of halogens is 1. The molecule has 1 aromatic carbocycles. The standard InChI is InChI=1S/C16H25N3O2.HI/c1-17-16(19-11-15-8-5-9-21-15)18-10-13-6-3-4-7-14(13)12-20-2;/h3-4,6-7,15H,5,8-12H2,1-2H3,(H2,17,18,19);1H. The summed E-state index contributed by atoms with van der Waals surface area (Å²) in [6.07, 6.45) is 2.59. The molecule has 0 aliphatic carbocycles. The van der Waals surface area contributed by atoms with Crippen molar-refractivity contribution in [1.29, 1.82) is 0 Å². The summed E-state index contributed by atoms with van der Waals surface area (Å²) in [4.78, 5) is 4.25. The molecule has 1 fully saturated rings. The van der Waals surface area contributed by atoms with E-state index in [1.165, 1.54) is 11.1 Å². The van der Waals surface area contributed by atoms with Gasteiger partial charge in [0.15, 0.2) is 5.96 Å². The van der Waals surface area contributed by atoms with Gasteiger partial charge in [-0.3, -0.25) is 4.99 Å². The van der Waals surface area contributed by atoms with Gasteiger partial charge in [-0.15, -0.1) is 24.0 Å². The maximum atomic E-state index is 5.60. The Bertz CT molecular complexity index is 462. The number of nitrogens with zero attached hydrogens (tertiary/aromatic N) is 1. The molecule has 6 heteroatoms. The number of hydrogen-bond acceptors (Lipinski definition) is 3. The third-order valence-electron chi connectivity index (χ3n) is 3.61. The zero-order valence-electron chi connectivity index (χ0n) is 13.3. The maximum Gasteiger partial charge on any atom is 0.191 e. The van der Waals surface area contributed by atoms with E-state index in [4.69, 9.17) is 9.47 Å². The second-order valence-electron chi connectivity index (χ2n) is 5.14. The van der Waals surface area contributed by atoms with Crippen molar-refractivity contribution in [3.8, 4) is 0 Å². The molecule has 1 aliphatic heterocycles. The van der Waals surface area contributed by atoms with Gasteiger partial charge in [0.2, 0.25) is 0 Å². The number of nitrogens with one attached hydrogen (secondary N) is 2. The number of hydrogen-bond donors (Lipinski definition) is 2. The van der Waals surface area contributed by atoms with Crippen LogP contribution in [0.3, 0.4) is 0 Å². The first kappa shape index (κ1) is 19.2. The van der Waals surface area contributed by atoms with E-state index in [1.54, 1.807) is 14.2 Å². The molecule has 124 valence electrons. The Hall–Kier alpha value is -0.860. The summed E-state index contributed by atoms with van der Waals surface area (Å²) >= 11 is 0. The zero-order valence-corrected chi connectivity index (χ0v) is 15.6. The fraction of sp³-hybridized carbons (Fsp3) is 0.562. The monoisotopic (exact) mass is 419 g/mol. The highest BCUT2D eigenvalue weighted by Crippen LogP contribution is 2.11. The fourth-order valence-electron chi connectivity index (χ4n) is 2.44. The number of ether oxygens (including phenoxy) is 2. The second kappa shape index (κ2) is 10.8. The van der Waals surface area contributed by atoms with E-state index in [-0.39, 0.29) is 24.0 Å². The van der Waals surface area contributed by atoms with Crippen LogP contribution in [0.5, 0.6) is 0 Å². The van der Waals surface area contributed by atoms with Gasteiger partial charge in [0.25, 0.3) is 0 Å². The molecule has 0 amide bonds. The van der Waals surface area contributed by atoms with Gasteiger partial charge in [0.05, 0.1) is 12.7 Å². The zero-order chi connectivity index (χ0) is 14.9. The average molecular weight is 419 g/mol. The molecular weight excluding hydrogens is 393 g/mol. The molecule has 22 heavy (non-hydrogen) atoms. The summed E-state index contributed by atoms with van der Waals surface area (Å²) < 4.78 is 10.8. The minimum atomic E-state index is 0. The Labute approximate surface area is 149 Å². The molecule has 5 nitrogen and oxygen atoms in total. The lowest BCUT2D eigenvalue weighted by Gasteiger charge is -2.16. The van der Waals surface area contributed by atoms with Crippen molar-refractivity contribution in [1.82, 2.24) is 10.6 Å². The van der Waals surface area contributed by atoms with Crippen LogP contribution in [0.25, 0.3) is 0 Å². The molecule has 0 saturated carbocycles. The summed E-state index contributed by atoms with van der Waals surface area (Å²) in [5.74, 6) is 0.803. The molecule has 1 aliphatic rings. The van der Waals surface area contributed by atoms with E-state index >= 15 is 0 Å². The molecule has 0 radical (unpaired) electrons. The Balaban J connectivity index is 0.00000242. The number of rotatable bonds is 6. The second-order valence-corrected chi connectivity index (χ2v) is 5.14. The topological polar surface area (TPSA) is 54.9 Å². The van der Waals surface area contributed by atoms with Crippen LogP contribution in [0.1, 0.15) is 24.0 Å². The van der Waals surface area contributed by atoms with Crippen LogP contribution in [0.15, 0.2) is 29.3 Å². The Kier molecular flexibility index (Phi) is 9.42. The fourth-order valence-corrected chi connectivity index (χ4v) is 2.44. The summed E-state index contributed by atoms with van der Waals surface area (Å²) in [6.45, 7) is 3.03. The molecule has 2 N–H and O–H groups in total. The van der Waals surface area contributed by atoms with Gasteiger partial charge in [-0.1, -0.05) is 24.3 Å². The van der Waals surface area contributed by atoms with Crippen molar-refractivity contribution in [3.63, 3.8) is 0 Å². The predicted octanol–water partition coefficient (Wildman–Crippen LogP) is 2.30. The highest BCUT2D eigenvalue weighted by molar-refractivity contribution is 14.0. The summed E-state index contributed by atoms with van der Waals surface area (Å²) in [5, 5.41) is 6.65. The first-order valence-electron chi connectivity index (χ1n) is 7.45. The number of benzene rings is 1. The molecule has 2 rings (SSSR count). The van der Waals surface area contributed by atoms with Gasteiger partial charge in [-0.2, -0.15) is 0 Å². The minimum absolute atomic E-state index is 0. The van der Waals surface area contributed by atoms with Gasteiger partial charge in [-0.25, -0.2) is 0 Å². The van der Waals surface area contributed by atoms with Crippen LogP contribution in [-0.2, 0) is 22.6 Å². The van der Waals surface area contributed by atoms with E-state index in [0.29, 0.717) is 12.7 Å². The van der Waals surface area contributed by atoms with Gasteiger partial charge in [0, 0.05) is 33.9 Å². The Morgan fingerprint density at radius 2 is 2.09 bits per heavy atom.